The molecule has 0 amide bonds. The SMILES string of the molecule is O=c1cc(-c2ccc(O[C@@]3(O)O[C@H](CO)[C@@H](O)[C@H](O)[C@H]3O)c(O)c2)oc2cc(O)cc(O)c12. The third kappa shape index (κ3) is 3.95. The van der Waals surface area contributed by atoms with Crippen LogP contribution < -0.4 is 10.2 Å². The van der Waals surface area contributed by atoms with Crippen molar-refractivity contribution in [3.63, 3.8) is 0 Å². The lowest BCUT2D eigenvalue weighted by Gasteiger charge is -2.44. The van der Waals surface area contributed by atoms with Crippen LogP contribution in [-0.2, 0) is 4.74 Å². The second-order valence-corrected chi connectivity index (χ2v) is 7.49. The van der Waals surface area contributed by atoms with E-state index in [0.717, 1.165) is 30.3 Å². The fourth-order valence-corrected chi connectivity index (χ4v) is 3.52. The van der Waals surface area contributed by atoms with Gasteiger partial charge in [0.25, 0.3) is 0 Å². The van der Waals surface area contributed by atoms with Crippen LogP contribution in [0.2, 0.25) is 0 Å². The van der Waals surface area contributed by atoms with Crippen LogP contribution in [0.15, 0.2) is 45.6 Å². The van der Waals surface area contributed by atoms with Gasteiger partial charge in [-0.15, -0.1) is 0 Å². The van der Waals surface area contributed by atoms with Gasteiger partial charge in [0.15, 0.2) is 23.0 Å². The second kappa shape index (κ2) is 8.19. The highest BCUT2D eigenvalue weighted by Crippen LogP contribution is 2.38. The monoisotopic (exact) mass is 464 g/mol. The molecular weight excluding hydrogens is 444 g/mol. The molecule has 3 aromatic rings. The standard InChI is InChI=1S/C21H20O12/c22-7-16-18(27)19(28)20(29)21(30,33-16)32-13-2-1-8(3-10(13)24)14-6-12(26)17-11(25)4-9(23)5-15(17)31-14/h1-6,16,18-20,22-25,27-30H,7H2/t16-,18-,19+,20-,21-/m1/s1. The van der Waals surface area contributed by atoms with E-state index in [4.69, 9.17) is 13.9 Å². The van der Waals surface area contributed by atoms with E-state index in [0.29, 0.717) is 0 Å². The van der Waals surface area contributed by atoms with Gasteiger partial charge in [-0.05, 0) is 18.2 Å². The Morgan fingerprint density at radius 2 is 1.70 bits per heavy atom. The number of aliphatic hydroxyl groups is 5. The van der Waals surface area contributed by atoms with Gasteiger partial charge in [0, 0.05) is 23.8 Å². The molecule has 1 aromatic heterocycles. The number of hydrogen-bond acceptors (Lipinski definition) is 12. The number of rotatable bonds is 4. The highest BCUT2D eigenvalue weighted by Gasteiger charge is 2.55. The topological polar surface area (TPSA) is 211 Å². The van der Waals surface area contributed by atoms with Crippen LogP contribution in [0.4, 0.5) is 0 Å². The van der Waals surface area contributed by atoms with Crippen LogP contribution in [0.25, 0.3) is 22.3 Å². The Bertz CT molecular complexity index is 1250. The molecule has 8 N–H and O–H groups in total. The summed E-state index contributed by atoms with van der Waals surface area (Å²) in [7, 11) is 0. The normalized spacial score (nSPS) is 27.5. The average molecular weight is 464 g/mol. The van der Waals surface area contributed by atoms with Crippen molar-refractivity contribution in [1.82, 2.24) is 0 Å². The Balaban J connectivity index is 1.67. The first kappa shape index (κ1) is 22.8. The zero-order valence-electron chi connectivity index (χ0n) is 16.7. The molecule has 33 heavy (non-hydrogen) atoms. The quantitative estimate of drug-likeness (QED) is 0.220. The van der Waals surface area contributed by atoms with Crippen molar-refractivity contribution in [2.24, 2.45) is 0 Å². The Morgan fingerprint density at radius 3 is 2.36 bits per heavy atom. The maximum Gasteiger partial charge on any atom is 0.355 e. The zero-order valence-corrected chi connectivity index (χ0v) is 16.7. The van der Waals surface area contributed by atoms with Crippen LogP contribution in [0.1, 0.15) is 0 Å². The lowest BCUT2D eigenvalue weighted by Crippen LogP contribution is -2.67. The van der Waals surface area contributed by atoms with E-state index in [1.165, 1.54) is 6.07 Å². The van der Waals surface area contributed by atoms with Gasteiger partial charge in [-0.3, -0.25) is 4.79 Å². The van der Waals surface area contributed by atoms with Gasteiger partial charge < -0.3 is 54.7 Å². The molecule has 1 fully saturated rings. The van der Waals surface area contributed by atoms with Crippen LogP contribution in [-0.4, -0.2) is 77.8 Å². The summed E-state index contributed by atoms with van der Waals surface area (Å²) in [5.41, 5.74) is -0.549. The van der Waals surface area contributed by atoms with E-state index in [-0.39, 0.29) is 28.0 Å². The number of hydrogen-bond donors (Lipinski definition) is 8. The summed E-state index contributed by atoms with van der Waals surface area (Å²) in [6.07, 6.45) is -7.29. The van der Waals surface area contributed by atoms with E-state index in [1.54, 1.807) is 0 Å². The first-order valence-electron chi connectivity index (χ1n) is 9.61. The van der Waals surface area contributed by atoms with E-state index in [1.807, 2.05) is 0 Å². The fraction of sp³-hybridized carbons (Fsp3) is 0.286. The molecule has 5 atom stereocenters. The summed E-state index contributed by atoms with van der Waals surface area (Å²) in [6, 6.07) is 6.71. The molecule has 0 unspecified atom stereocenters. The number of aromatic hydroxyl groups is 3. The van der Waals surface area contributed by atoms with Crippen LogP contribution >= 0.6 is 0 Å². The third-order valence-electron chi connectivity index (χ3n) is 5.22. The minimum Gasteiger partial charge on any atom is -0.508 e. The largest absolute Gasteiger partial charge is 0.508 e. The average Bonchev–Trinajstić information content (AvgIpc) is 2.75. The highest BCUT2D eigenvalue weighted by atomic mass is 16.8. The lowest BCUT2D eigenvalue weighted by molar-refractivity contribution is -0.422. The number of benzene rings is 2. The molecule has 2 heterocycles. The molecule has 1 aliphatic heterocycles. The smallest absolute Gasteiger partial charge is 0.355 e. The van der Waals surface area contributed by atoms with Gasteiger partial charge in [0.05, 0.1) is 6.61 Å². The van der Waals surface area contributed by atoms with Crippen molar-refractivity contribution in [3.05, 3.63) is 46.6 Å². The Hall–Kier alpha value is -3.39. The van der Waals surface area contributed by atoms with Crippen LogP contribution in [0, 0.1) is 0 Å². The van der Waals surface area contributed by atoms with E-state index >= 15 is 0 Å². The van der Waals surface area contributed by atoms with Gasteiger partial charge >= 0.3 is 5.97 Å². The third-order valence-corrected chi connectivity index (χ3v) is 5.22. The number of fused-ring (bicyclic) bond motifs is 1. The fourth-order valence-electron chi connectivity index (χ4n) is 3.52. The molecule has 2 aromatic carbocycles. The Kier molecular flexibility index (Phi) is 5.66. The maximum absolute atomic E-state index is 12.4. The van der Waals surface area contributed by atoms with Crippen molar-refractivity contribution in [1.29, 1.82) is 0 Å². The molecule has 0 aliphatic carbocycles. The zero-order chi connectivity index (χ0) is 24.1. The van der Waals surface area contributed by atoms with E-state index < -0.39 is 59.7 Å². The van der Waals surface area contributed by atoms with Gasteiger partial charge in [-0.2, -0.15) is 0 Å². The molecule has 1 aliphatic rings. The molecule has 0 spiro atoms. The molecule has 176 valence electrons. The molecule has 0 saturated carbocycles. The van der Waals surface area contributed by atoms with Gasteiger partial charge in [-0.25, -0.2) is 0 Å². The molecule has 0 bridgehead atoms. The van der Waals surface area contributed by atoms with Crippen molar-refractivity contribution < 1.29 is 54.7 Å². The summed E-state index contributed by atoms with van der Waals surface area (Å²) in [5, 5.41) is 79.2. The number of phenols is 3. The predicted octanol–water partition coefficient (Wildman–Crippen LogP) is -0.925. The Morgan fingerprint density at radius 1 is 0.970 bits per heavy atom. The molecule has 1 saturated heterocycles. The second-order valence-electron chi connectivity index (χ2n) is 7.49. The molecule has 0 radical (unpaired) electrons. The lowest BCUT2D eigenvalue weighted by atomic mass is 9.98. The number of aliphatic hydroxyl groups excluding tert-OH is 4. The summed E-state index contributed by atoms with van der Waals surface area (Å²) in [4.78, 5) is 12.4. The molecular formula is C21H20O12. The van der Waals surface area contributed by atoms with Gasteiger partial charge in [0.2, 0.25) is 0 Å². The molecule has 12 nitrogen and oxygen atoms in total. The van der Waals surface area contributed by atoms with Gasteiger partial charge in [-0.1, -0.05) is 0 Å². The summed E-state index contributed by atoms with van der Waals surface area (Å²) >= 11 is 0. The summed E-state index contributed by atoms with van der Waals surface area (Å²) < 4.78 is 15.7. The Labute approximate surface area is 184 Å². The van der Waals surface area contributed by atoms with Crippen LogP contribution in [0.5, 0.6) is 23.0 Å². The van der Waals surface area contributed by atoms with Crippen molar-refractivity contribution in [2.75, 3.05) is 6.61 Å². The first-order chi connectivity index (χ1) is 15.5. The van der Waals surface area contributed by atoms with E-state index in [9.17, 15) is 45.6 Å². The maximum atomic E-state index is 12.4. The highest BCUT2D eigenvalue weighted by molar-refractivity contribution is 5.86. The van der Waals surface area contributed by atoms with Crippen molar-refractivity contribution >= 4 is 11.0 Å². The minimum absolute atomic E-state index is 0.0362. The number of phenolic OH excluding ortho intramolecular Hbond substituents is 3. The summed E-state index contributed by atoms with van der Waals surface area (Å²) in [5.74, 6) is -4.77. The van der Waals surface area contributed by atoms with Crippen molar-refractivity contribution in [3.8, 4) is 34.3 Å². The van der Waals surface area contributed by atoms with Gasteiger partial charge in [0.1, 0.15) is 46.5 Å². The van der Waals surface area contributed by atoms with Crippen LogP contribution in [0.3, 0.4) is 0 Å². The number of ether oxygens (including phenoxy) is 2. The predicted molar refractivity (Wildman–Crippen MR) is 108 cm³/mol. The van der Waals surface area contributed by atoms with Crippen molar-refractivity contribution in [2.45, 2.75) is 30.4 Å². The minimum atomic E-state index is -2.92. The van der Waals surface area contributed by atoms with E-state index in [2.05, 4.69) is 0 Å². The first-order valence-corrected chi connectivity index (χ1v) is 9.61. The summed E-state index contributed by atoms with van der Waals surface area (Å²) in [6.45, 7) is -0.812. The molecule has 12 heteroatoms. The molecule has 4 rings (SSSR count).